The van der Waals surface area contributed by atoms with Crippen molar-refractivity contribution in [3.63, 3.8) is 0 Å². The highest BCUT2D eigenvalue weighted by atomic mass is 16.2. The van der Waals surface area contributed by atoms with Crippen molar-refractivity contribution in [2.75, 3.05) is 6.54 Å². The average molecular weight is 293 g/mol. The number of nitrogens with zero attached hydrogens (tertiary/aromatic N) is 1. The Bertz CT molecular complexity index is 567. The van der Waals surface area contributed by atoms with Crippen molar-refractivity contribution >= 4 is 5.91 Å². The monoisotopic (exact) mass is 293 g/mol. The van der Waals surface area contributed by atoms with Gasteiger partial charge in [-0.3, -0.25) is 4.79 Å². The molecule has 1 saturated heterocycles. The summed E-state index contributed by atoms with van der Waals surface area (Å²) in [4.78, 5) is 14.9. The van der Waals surface area contributed by atoms with Crippen LogP contribution in [0.1, 0.15) is 43.4 Å². The van der Waals surface area contributed by atoms with Crippen LogP contribution >= 0.6 is 0 Å². The molecule has 0 bridgehead atoms. The van der Waals surface area contributed by atoms with E-state index in [0.717, 1.165) is 13.0 Å². The van der Waals surface area contributed by atoms with Crippen molar-refractivity contribution in [2.24, 2.45) is 5.92 Å². The molecule has 0 aromatic heterocycles. The van der Waals surface area contributed by atoms with Crippen molar-refractivity contribution in [3.05, 3.63) is 71.8 Å². The van der Waals surface area contributed by atoms with Gasteiger partial charge >= 0.3 is 0 Å². The number of carbonyl (C=O) groups excluding carboxylic acids is 1. The van der Waals surface area contributed by atoms with E-state index in [1.54, 1.807) is 0 Å². The van der Waals surface area contributed by atoms with E-state index < -0.39 is 0 Å². The molecule has 114 valence electrons. The molecule has 0 spiro atoms. The predicted molar refractivity (Wildman–Crippen MR) is 89.5 cm³/mol. The zero-order chi connectivity index (χ0) is 15.5. The number of rotatable bonds is 4. The standard InChI is InChI=1S/C20H23NO/c1-15(17-9-5-3-6-10-17)19-13-14-21(20(19)22)16(2)18-11-7-4-8-12-18/h3-12,15-16,19H,13-14H2,1-2H3/t15-,16-,19-/m0/s1. The summed E-state index contributed by atoms with van der Waals surface area (Å²) in [5, 5.41) is 0. The van der Waals surface area contributed by atoms with Gasteiger partial charge in [-0.05, 0) is 30.4 Å². The maximum absolute atomic E-state index is 12.9. The van der Waals surface area contributed by atoms with Gasteiger partial charge in [0.25, 0.3) is 0 Å². The predicted octanol–water partition coefficient (Wildman–Crippen LogP) is 4.40. The van der Waals surface area contributed by atoms with Gasteiger partial charge < -0.3 is 4.90 Å². The van der Waals surface area contributed by atoms with Gasteiger partial charge in [0, 0.05) is 12.5 Å². The van der Waals surface area contributed by atoms with Crippen molar-refractivity contribution < 1.29 is 4.79 Å². The molecular weight excluding hydrogens is 270 g/mol. The molecule has 0 saturated carbocycles. The molecule has 2 aromatic carbocycles. The number of hydrogen-bond acceptors (Lipinski definition) is 1. The number of amides is 1. The summed E-state index contributed by atoms with van der Waals surface area (Å²) in [6.07, 6.45) is 0.950. The highest BCUT2D eigenvalue weighted by molar-refractivity contribution is 5.82. The Balaban J connectivity index is 1.75. The lowest BCUT2D eigenvalue weighted by Gasteiger charge is -2.26. The summed E-state index contributed by atoms with van der Waals surface area (Å²) in [5.41, 5.74) is 2.47. The summed E-state index contributed by atoms with van der Waals surface area (Å²) in [7, 11) is 0. The summed E-state index contributed by atoms with van der Waals surface area (Å²) < 4.78 is 0. The number of benzene rings is 2. The molecular formula is C20H23NO. The third-order valence-corrected chi connectivity index (χ3v) is 4.96. The lowest BCUT2D eigenvalue weighted by atomic mass is 9.86. The smallest absolute Gasteiger partial charge is 0.226 e. The zero-order valence-corrected chi connectivity index (χ0v) is 13.3. The van der Waals surface area contributed by atoms with E-state index in [2.05, 4.69) is 50.2 Å². The third-order valence-electron chi connectivity index (χ3n) is 4.96. The molecule has 0 N–H and O–H groups in total. The van der Waals surface area contributed by atoms with E-state index in [1.807, 2.05) is 29.2 Å². The van der Waals surface area contributed by atoms with E-state index in [1.165, 1.54) is 11.1 Å². The Hall–Kier alpha value is -2.09. The Morgan fingerprint density at radius 1 is 0.909 bits per heavy atom. The highest BCUT2D eigenvalue weighted by Gasteiger charge is 2.38. The molecule has 0 unspecified atom stereocenters. The zero-order valence-electron chi connectivity index (χ0n) is 13.3. The van der Waals surface area contributed by atoms with Gasteiger partial charge in [0.15, 0.2) is 0 Å². The van der Waals surface area contributed by atoms with Crippen LogP contribution in [0.3, 0.4) is 0 Å². The van der Waals surface area contributed by atoms with E-state index in [9.17, 15) is 4.79 Å². The van der Waals surface area contributed by atoms with Crippen LogP contribution in [-0.2, 0) is 4.79 Å². The number of likely N-dealkylation sites (tertiary alicyclic amines) is 1. The van der Waals surface area contributed by atoms with Crippen LogP contribution in [-0.4, -0.2) is 17.4 Å². The second-order valence-electron chi connectivity index (χ2n) is 6.21. The Kier molecular flexibility index (Phi) is 4.28. The molecule has 2 heteroatoms. The Morgan fingerprint density at radius 3 is 2.05 bits per heavy atom. The largest absolute Gasteiger partial charge is 0.336 e. The Labute approximate surface area is 132 Å². The average Bonchev–Trinajstić information content (AvgIpc) is 2.96. The molecule has 0 aliphatic carbocycles. The molecule has 1 aliphatic rings. The summed E-state index contributed by atoms with van der Waals surface area (Å²) in [6.45, 7) is 5.16. The van der Waals surface area contributed by atoms with Crippen LogP contribution in [0.2, 0.25) is 0 Å². The maximum Gasteiger partial charge on any atom is 0.226 e. The van der Waals surface area contributed by atoms with Crippen molar-refractivity contribution in [3.8, 4) is 0 Å². The summed E-state index contributed by atoms with van der Waals surface area (Å²) in [6, 6.07) is 20.8. The Morgan fingerprint density at radius 2 is 1.45 bits per heavy atom. The fraction of sp³-hybridized carbons (Fsp3) is 0.350. The third kappa shape index (κ3) is 2.78. The lowest BCUT2D eigenvalue weighted by Crippen LogP contribution is -2.31. The van der Waals surface area contributed by atoms with Crippen LogP contribution in [0.25, 0.3) is 0 Å². The number of carbonyl (C=O) groups is 1. The van der Waals surface area contributed by atoms with Crippen LogP contribution in [0.15, 0.2) is 60.7 Å². The van der Waals surface area contributed by atoms with E-state index in [0.29, 0.717) is 5.91 Å². The van der Waals surface area contributed by atoms with Gasteiger partial charge in [0.05, 0.1) is 6.04 Å². The molecule has 3 atom stereocenters. The minimum Gasteiger partial charge on any atom is -0.336 e. The minimum atomic E-state index is 0.105. The van der Waals surface area contributed by atoms with Gasteiger partial charge in [-0.2, -0.15) is 0 Å². The molecule has 1 aliphatic heterocycles. The minimum absolute atomic E-state index is 0.105. The summed E-state index contributed by atoms with van der Waals surface area (Å²) >= 11 is 0. The van der Waals surface area contributed by atoms with E-state index >= 15 is 0 Å². The highest BCUT2D eigenvalue weighted by Crippen LogP contribution is 2.36. The van der Waals surface area contributed by atoms with Crippen molar-refractivity contribution in [2.45, 2.75) is 32.2 Å². The van der Waals surface area contributed by atoms with Crippen molar-refractivity contribution in [1.29, 1.82) is 0 Å². The first-order chi connectivity index (χ1) is 10.7. The van der Waals surface area contributed by atoms with Crippen LogP contribution in [0, 0.1) is 5.92 Å². The second kappa shape index (κ2) is 6.35. The van der Waals surface area contributed by atoms with Crippen LogP contribution in [0.4, 0.5) is 0 Å². The molecule has 1 fully saturated rings. The normalized spacial score (nSPS) is 20.9. The molecule has 1 amide bonds. The van der Waals surface area contributed by atoms with Gasteiger partial charge in [-0.1, -0.05) is 67.6 Å². The topological polar surface area (TPSA) is 20.3 Å². The van der Waals surface area contributed by atoms with E-state index in [4.69, 9.17) is 0 Å². The SMILES string of the molecule is C[C@@H](c1ccccc1)[C@@H]1CCN([C@@H](C)c2ccccc2)C1=O. The van der Waals surface area contributed by atoms with Gasteiger partial charge in [0.1, 0.15) is 0 Å². The molecule has 22 heavy (non-hydrogen) atoms. The molecule has 1 heterocycles. The van der Waals surface area contributed by atoms with Gasteiger partial charge in [-0.15, -0.1) is 0 Å². The molecule has 0 radical (unpaired) electrons. The molecule has 3 rings (SSSR count). The quantitative estimate of drug-likeness (QED) is 0.818. The second-order valence-corrected chi connectivity index (χ2v) is 6.21. The van der Waals surface area contributed by atoms with Crippen LogP contribution in [0.5, 0.6) is 0 Å². The fourth-order valence-electron chi connectivity index (χ4n) is 3.47. The first-order valence-corrected chi connectivity index (χ1v) is 8.09. The van der Waals surface area contributed by atoms with Gasteiger partial charge in [0.2, 0.25) is 5.91 Å². The number of hydrogen-bond donors (Lipinski definition) is 0. The van der Waals surface area contributed by atoms with Crippen LogP contribution < -0.4 is 0 Å². The fourth-order valence-corrected chi connectivity index (χ4v) is 3.47. The summed E-state index contributed by atoms with van der Waals surface area (Å²) in [5.74, 6) is 0.683. The molecule has 2 aromatic rings. The maximum atomic E-state index is 12.9. The van der Waals surface area contributed by atoms with E-state index in [-0.39, 0.29) is 17.9 Å². The first-order valence-electron chi connectivity index (χ1n) is 8.09. The first kappa shape index (κ1) is 14.8. The lowest BCUT2D eigenvalue weighted by molar-refractivity contribution is -0.133. The van der Waals surface area contributed by atoms with Gasteiger partial charge in [-0.25, -0.2) is 0 Å². The molecule has 2 nitrogen and oxygen atoms in total. The van der Waals surface area contributed by atoms with Crippen molar-refractivity contribution in [1.82, 2.24) is 4.90 Å².